The Hall–Kier alpha value is -2.09. The Kier molecular flexibility index (Phi) is 6.84. The first-order valence-electron chi connectivity index (χ1n) is 10.8. The molecule has 168 valence electrons. The Balaban J connectivity index is 1.56. The second-order valence-electron chi connectivity index (χ2n) is 8.41. The Morgan fingerprint density at radius 3 is 2.52 bits per heavy atom. The fraction of sp³-hybridized carbons (Fsp3) is 0.500. The van der Waals surface area contributed by atoms with E-state index >= 15 is 0 Å². The van der Waals surface area contributed by atoms with Crippen molar-refractivity contribution in [1.82, 2.24) is 9.80 Å². The number of ether oxygens (including phenoxy) is 2. The summed E-state index contributed by atoms with van der Waals surface area (Å²) >= 11 is 0. The van der Waals surface area contributed by atoms with Gasteiger partial charge in [-0.15, -0.1) is 0 Å². The Morgan fingerprint density at radius 1 is 1.00 bits per heavy atom. The molecule has 0 saturated carbocycles. The first kappa shape index (κ1) is 22.1. The van der Waals surface area contributed by atoms with E-state index in [-0.39, 0.29) is 11.8 Å². The quantitative estimate of drug-likeness (QED) is 0.678. The van der Waals surface area contributed by atoms with Crippen molar-refractivity contribution in [2.24, 2.45) is 5.92 Å². The van der Waals surface area contributed by atoms with Gasteiger partial charge in [0.2, 0.25) is 0 Å². The average molecular weight is 435 g/mol. The summed E-state index contributed by atoms with van der Waals surface area (Å²) in [6.45, 7) is 6.34. The summed E-state index contributed by atoms with van der Waals surface area (Å²) < 4.78 is 50.9. The fourth-order valence-corrected chi connectivity index (χ4v) is 4.79. The molecule has 0 N–H and O–H groups in total. The number of halogens is 3. The van der Waals surface area contributed by atoms with Gasteiger partial charge in [0.1, 0.15) is 5.75 Å². The predicted molar refractivity (Wildman–Crippen MR) is 113 cm³/mol. The Labute approximate surface area is 181 Å². The maximum atomic E-state index is 13.3. The number of likely N-dealkylation sites (tertiary alicyclic amines) is 1. The highest BCUT2D eigenvalue weighted by Crippen LogP contribution is 2.38. The molecule has 4 rings (SSSR count). The van der Waals surface area contributed by atoms with Crippen LogP contribution in [-0.4, -0.2) is 62.8 Å². The van der Waals surface area contributed by atoms with Crippen molar-refractivity contribution in [3.05, 3.63) is 65.2 Å². The summed E-state index contributed by atoms with van der Waals surface area (Å²) in [5.74, 6) is 1.16. The van der Waals surface area contributed by atoms with Crippen molar-refractivity contribution in [1.29, 1.82) is 0 Å². The molecule has 0 aromatic heterocycles. The molecule has 2 aliphatic rings. The molecular weight excluding hydrogens is 405 g/mol. The summed E-state index contributed by atoms with van der Waals surface area (Å²) in [5, 5.41) is 0. The van der Waals surface area contributed by atoms with Crippen LogP contribution in [0.3, 0.4) is 0 Å². The lowest BCUT2D eigenvalue weighted by molar-refractivity contribution is -0.137. The lowest BCUT2D eigenvalue weighted by Gasteiger charge is -2.31. The van der Waals surface area contributed by atoms with E-state index in [1.807, 2.05) is 30.3 Å². The molecule has 2 aromatic rings. The van der Waals surface area contributed by atoms with E-state index in [2.05, 4.69) is 9.80 Å². The molecule has 0 radical (unpaired) electrons. The minimum atomic E-state index is -4.33. The van der Waals surface area contributed by atoms with Crippen LogP contribution in [-0.2, 0) is 17.5 Å². The third-order valence-electron chi connectivity index (χ3n) is 6.34. The highest BCUT2D eigenvalue weighted by atomic mass is 19.4. The van der Waals surface area contributed by atoms with E-state index in [1.165, 1.54) is 12.1 Å². The number of hydrogen-bond donors (Lipinski definition) is 0. The molecule has 0 spiro atoms. The second-order valence-corrected chi connectivity index (χ2v) is 8.41. The van der Waals surface area contributed by atoms with E-state index in [0.29, 0.717) is 13.2 Å². The number of morpholine rings is 1. The van der Waals surface area contributed by atoms with Gasteiger partial charge in [0, 0.05) is 50.7 Å². The normalized spacial score (nSPS) is 23.2. The molecule has 0 aliphatic carbocycles. The number of para-hydroxylation sites is 1. The first-order chi connectivity index (χ1) is 14.9. The van der Waals surface area contributed by atoms with Crippen LogP contribution in [0.4, 0.5) is 13.2 Å². The van der Waals surface area contributed by atoms with Crippen LogP contribution in [0.1, 0.15) is 22.6 Å². The average Bonchev–Trinajstić information content (AvgIpc) is 3.16. The maximum absolute atomic E-state index is 13.3. The van der Waals surface area contributed by atoms with Gasteiger partial charge < -0.3 is 9.47 Å². The van der Waals surface area contributed by atoms with Crippen molar-refractivity contribution in [3.8, 4) is 5.75 Å². The molecular formula is C24H29F3N2O2. The highest BCUT2D eigenvalue weighted by molar-refractivity contribution is 5.34. The number of alkyl halides is 3. The zero-order valence-electron chi connectivity index (χ0n) is 17.8. The fourth-order valence-electron chi connectivity index (χ4n) is 4.79. The smallest absolute Gasteiger partial charge is 0.416 e. The topological polar surface area (TPSA) is 24.9 Å². The van der Waals surface area contributed by atoms with E-state index < -0.39 is 11.7 Å². The largest absolute Gasteiger partial charge is 0.496 e. The highest BCUT2D eigenvalue weighted by Gasteiger charge is 2.37. The molecule has 7 heteroatoms. The number of methoxy groups -OCH3 is 1. The first-order valence-corrected chi connectivity index (χ1v) is 10.8. The molecule has 2 aliphatic heterocycles. The number of nitrogens with zero attached hydrogens (tertiary/aromatic N) is 2. The third kappa shape index (κ3) is 5.40. The van der Waals surface area contributed by atoms with Gasteiger partial charge in [0.05, 0.1) is 25.9 Å². The number of hydrogen-bond acceptors (Lipinski definition) is 4. The van der Waals surface area contributed by atoms with Gasteiger partial charge >= 0.3 is 6.18 Å². The van der Waals surface area contributed by atoms with E-state index in [1.54, 1.807) is 7.11 Å². The van der Waals surface area contributed by atoms with Crippen LogP contribution in [0.15, 0.2) is 48.5 Å². The van der Waals surface area contributed by atoms with Crippen LogP contribution in [0.25, 0.3) is 0 Å². The molecule has 2 heterocycles. The van der Waals surface area contributed by atoms with Crippen LogP contribution in [0, 0.1) is 5.92 Å². The third-order valence-corrected chi connectivity index (χ3v) is 6.34. The summed E-state index contributed by atoms with van der Waals surface area (Å²) in [5.41, 5.74) is 1.30. The van der Waals surface area contributed by atoms with Gasteiger partial charge in [-0.1, -0.05) is 36.4 Å². The molecule has 2 unspecified atom stereocenters. The van der Waals surface area contributed by atoms with E-state index in [0.717, 1.165) is 62.2 Å². The van der Waals surface area contributed by atoms with Gasteiger partial charge in [0.15, 0.2) is 0 Å². The Morgan fingerprint density at radius 2 is 1.77 bits per heavy atom. The Bertz CT molecular complexity index is 868. The lowest BCUT2D eigenvalue weighted by atomic mass is 9.87. The van der Waals surface area contributed by atoms with Gasteiger partial charge in [-0.3, -0.25) is 9.80 Å². The summed E-state index contributed by atoms with van der Waals surface area (Å²) in [6, 6.07) is 13.8. The van der Waals surface area contributed by atoms with Crippen molar-refractivity contribution >= 4 is 0 Å². The molecule has 2 fully saturated rings. The van der Waals surface area contributed by atoms with Crippen LogP contribution >= 0.6 is 0 Å². The van der Waals surface area contributed by atoms with Gasteiger partial charge in [0.25, 0.3) is 0 Å². The summed E-state index contributed by atoms with van der Waals surface area (Å²) in [6.07, 6.45) is -4.33. The number of benzene rings is 2. The lowest BCUT2D eigenvalue weighted by Crippen LogP contribution is -2.40. The zero-order chi connectivity index (χ0) is 21.8. The molecule has 2 saturated heterocycles. The SMILES string of the molecule is COc1ccccc1CN1CC(CN2CCOCC2)C(c2cccc(C(F)(F)F)c2)C1. The minimum absolute atomic E-state index is 0.0554. The molecule has 31 heavy (non-hydrogen) atoms. The van der Waals surface area contributed by atoms with Crippen LogP contribution in [0.5, 0.6) is 5.75 Å². The molecule has 0 bridgehead atoms. The van der Waals surface area contributed by atoms with E-state index in [9.17, 15) is 13.2 Å². The number of rotatable bonds is 6. The van der Waals surface area contributed by atoms with Gasteiger partial charge in [-0.05, 0) is 23.6 Å². The van der Waals surface area contributed by atoms with Crippen LogP contribution in [0.2, 0.25) is 0 Å². The van der Waals surface area contributed by atoms with Crippen molar-refractivity contribution in [2.75, 3.05) is 53.0 Å². The summed E-state index contributed by atoms with van der Waals surface area (Å²) in [4.78, 5) is 4.72. The standard InChI is InChI=1S/C24H29F3N2O2/c1-30-23-8-3-2-5-19(23)14-29-16-20(15-28-9-11-31-12-10-28)22(17-29)18-6-4-7-21(13-18)24(25,26)27/h2-8,13,20,22H,9-12,14-17H2,1H3. The molecule has 4 nitrogen and oxygen atoms in total. The zero-order valence-corrected chi connectivity index (χ0v) is 17.8. The predicted octanol–water partition coefficient (Wildman–Crippen LogP) is 4.26. The maximum Gasteiger partial charge on any atom is 0.416 e. The molecule has 2 aromatic carbocycles. The van der Waals surface area contributed by atoms with Gasteiger partial charge in [-0.2, -0.15) is 13.2 Å². The molecule has 2 atom stereocenters. The minimum Gasteiger partial charge on any atom is -0.496 e. The monoisotopic (exact) mass is 434 g/mol. The van der Waals surface area contributed by atoms with Crippen molar-refractivity contribution in [2.45, 2.75) is 18.6 Å². The van der Waals surface area contributed by atoms with Crippen molar-refractivity contribution < 1.29 is 22.6 Å². The van der Waals surface area contributed by atoms with Crippen LogP contribution < -0.4 is 4.74 Å². The summed E-state index contributed by atoms with van der Waals surface area (Å²) in [7, 11) is 1.66. The molecule has 0 amide bonds. The van der Waals surface area contributed by atoms with Gasteiger partial charge in [-0.25, -0.2) is 0 Å². The van der Waals surface area contributed by atoms with Crippen molar-refractivity contribution in [3.63, 3.8) is 0 Å². The van der Waals surface area contributed by atoms with E-state index in [4.69, 9.17) is 9.47 Å². The second kappa shape index (κ2) is 9.59.